The van der Waals surface area contributed by atoms with Crippen molar-refractivity contribution in [3.8, 4) is 5.82 Å². The zero-order valence-electron chi connectivity index (χ0n) is 17.5. The predicted octanol–water partition coefficient (Wildman–Crippen LogP) is 3.25. The zero-order valence-corrected chi connectivity index (χ0v) is 19.0. The van der Waals surface area contributed by atoms with Crippen molar-refractivity contribution in [2.24, 2.45) is 0 Å². The SMILES string of the molecule is CCC(=O)N1CCc2ncc(Nc3nc(N)n(-c4nc(Cl)nc5c(C)csc45)n3)cc2C1. The van der Waals surface area contributed by atoms with E-state index in [1.165, 1.54) is 16.0 Å². The molecule has 12 heteroatoms. The molecule has 10 nitrogen and oxygen atoms in total. The Morgan fingerprint density at radius 3 is 3.00 bits per heavy atom. The van der Waals surface area contributed by atoms with Gasteiger partial charge in [0.25, 0.3) is 0 Å². The number of nitrogen functional groups attached to an aromatic ring is 1. The Balaban J connectivity index is 1.45. The number of carbonyl (C=O) groups excluding carboxylic acids is 1. The lowest BCUT2D eigenvalue weighted by atomic mass is 10.0. The Morgan fingerprint density at radius 2 is 2.19 bits per heavy atom. The average Bonchev–Trinajstić information content (AvgIpc) is 3.34. The number of nitrogens with two attached hydrogens (primary N) is 1. The lowest BCUT2D eigenvalue weighted by Gasteiger charge is -2.28. The van der Waals surface area contributed by atoms with Gasteiger partial charge in [0.2, 0.25) is 23.1 Å². The highest BCUT2D eigenvalue weighted by Gasteiger charge is 2.21. The van der Waals surface area contributed by atoms with Crippen LogP contribution >= 0.6 is 22.9 Å². The second kappa shape index (κ2) is 7.99. The van der Waals surface area contributed by atoms with Gasteiger partial charge in [-0.15, -0.1) is 16.4 Å². The molecule has 0 spiro atoms. The number of halogens is 1. The first-order valence-electron chi connectivity index (χ1n) is 10.1. The van der Waals surface area contributed by atoms with Crippen LogP contribution in [-0.4, -0.2) is 47.1 Å². The van der Waals surface area contributed by atoms with Gasteiger partial charge in [0.1, 0.15) is 0 Å². The van der Waals surface area contributed by atoms with E-state index in [-0.39, 0.29) is 17.1 Å². The number of aryl methyl sites for hydroxylation is 1. The summed E-state index contributed by atoms with van der Waals surface area (Å²) in [4.78, 5) is 31.4. The molecule has 0 aliphatic carbocycles. The predicted molar refractivity (Wildman–Crippen MR) is 123 cm³/mol. The summed E-state index contributed by atoms with van der Waals surface area (Å²) >= 11 is 7.63. The first-order valence-corrected chi connectivity index (χ1v) is 11.4. The van der Waals surface area contributed by atoms with Crippen molar-refractivity contribution in [2.45, 2.75) is 33.2 Å². The Morgan fingerprint density at radius 1 is 1.34 bits per heavy atom. The molecule has 0 fully saturated rings. The molecular formula is C20H20ClN9OS. The van der Waals surface area contributed by atoms with E-state index in [1.807, 2.05) is 30.2 Å². The fraction of sp³-hybridized carbons (Fsp3) is 0.300. The van der Waals surface area contributed by atoms with Crippen LogP contribution in [0.25, 0.3) is 16.0 Å². The van der Waals surface area contributed by atoms with Crippen LogP contribution < -0.4 is 11.1 Å². The number of hydrogen-bond acceptors (Lipinski definition) is 9. The molecule has 0 aromatic carbocycles. The van der Waals surface area contributed by atoms with Gasteiger partial charge < -0.3 is 16.0 Å². The van der Waals surface area contributed by atoms with Gasteiger partial charge in [0.05, 0.1) is 22.1 Å². The molecule has 0 radical (unpaired) electrons. The van der Waals surface area contributed by atoms with Crippen molar-refractivity contribution < 1.29 is 4.79 Å². The van der Waals surface area contributed by atoms with Crippen molar-refractivity contribution in [3.63, 3.8) is 0 Å². The number of aromatic nitrogens is 6. The normalized spacial score (nSPS) is 13.4. The Kier molecular flexibility index (Phi) is 5.14. The van der Waals surface area contributed by atoms with Crippen molar-refractivity contribution in [3.05, 3.63) is 39.7 Å². The van der Waals surface area contributed by atoms with Crippen LogP contribution in [0.1, 0.15) is 30.2 Å². The van der Waals surface area contributed by atoms with Crippen LogP contribution in [0.15, 0.2) is 17.6 Å². The number of anilines is 3. The largest absolute Gasteiger partial charge is 0.368 e. The molecule has 0 atom stereocenters. The van der Waals surface area contributed by atoms with E-state index in [4.69, 9.17) is 17.3 Å². The molecule has 5 rings (SSSR count). The highest BCUT2D eigenvalue weighted by molar-refractivity contribution is 7.17. The molecule has 1 aliphatic rings. The highest BCUT2D eigenvalue weighted by atomic mass is 35.5. The maximum Gasteiger partial charge on any atom is 0.248 e. The van der Waals surface area contributed by atoms with Crippen molar-refractivity contribution in [2.75, 3.05) is 17.6 Å². The molecule has 164 valence electrons. The fourth-order valence-electron chi connectivity index (χ4n) is 3.73. The number of amides is 1. The number of rotatable bonds is 4. The fourth-order valence-corrected chi connectivity index (χ4v) is 4.85. The minimum Gasteiger partial charge on any atom is -0.368 e. The van der Waals surface area contributed by atoms with E-state index in [9.17, 15) is 4.79 Å². The third kappa shape index (κ3) is 3.63. The summed E-state index contributed by atoms with van der Waals surface area (Å²) in [5.74, 6) is 1.09. The van der Waals surface area contributed by atoms with Gasteiger partial charge in [-0.25, -0.2) is 4.98 Å². The molecule has 4 aromatic rings. The molecule has 1 aliphatic heterocycles. The van der Waals surface area contributed by atoms with Crippen LogP contribution in [0.4, 0.5) is 17.6 Å². The Hall–Kier alpha value is -3.31. The molecule has 0 unspecified atom stereocenters. The minimum atomic E-state index is 0.114. The standard InChI is InChI=1S/C20H20ClN9OS/c1-3-14(31)29-5-4-13-11(8-29)6-12(7-23-13)24-20-27-19(22)30(28-20)17-16-15(10(2)9-32-16)25-18(21)26-17/h6-7,9H,3-5,8H2,1-2H3,(H3,22,24,27,28). The monoisotopic (exact) mass is 469 g/mol. The molecule has 0 saturated carbocycles. The summed E-state index contributed by atoms with van der Waals surface area (Å²) < 4.78 is 2.27. The molecular weight excluding hydrogens is 450 g/mol. The first kappa shape index (κ1) is 20.6. The molecule has 5 heterocycles. The topological polar surface area (TPSA) is 128 Å². The number of pyridine rings is 1. The van der Waals surface area contributed by atoms with Crippen LogP contribution in [0.5, 0.6) is 0 Å². The number of fused-ring (bicyclic) bond motifs is 2. The second-order valence-electron chi connectivity index (χ2n) is 7.49. The zero-order chi connectivity index (χ0) is 22.4. The van der Waals surface area contributed by atoms with Crippen molar-refractivity contribution >= 4 is 56.6 Å². The van der Waals surface area contributed by atoms with Gasteiger partial charge in [-0.3, -0.25) is 9.78 Å². The minimum absolute atomic E-state index is 0.114. The van der Waals surface area contributed by atoms with E-state index < -0.39 is 0 Å². The molecule has 3 N–H and O–H groups in total. The Labute approximate surface area is 192 Å². The third-order valence-electron chi connectivity index (χ3n) is 5.33. The average molecular weight is 470 g/mol. The maximum absolute atomic E-state index is 12.1. The van der Waals surface area contributed by atoms with E-state index in [0.29, 0.717) is 37.0 Å². The number of hydrogen-bond donors (Lipinski definition) is 2. The molecule has 0 saturated heterocycles. The summed E-state index contributed by atoms with van der Waals surface area (Å²) in [5.41, 5.74) is 10.6. The summed E-state index contributed by atoms with van der Waals surface area (Å²) in [5, 5.41) is 9.73. The van der Waals surface area contributed by atoms with Gasteiger partial charge in [0.15, 0.2) is 5.82 Å². The van der Waals surface area contributed by atoms with Crippen molar-refractivity contribution in [1.82, 2.24) is 34.6 Å². The summed E-state index contributed by atoms with van der Waals surface area (Å²) in [6.45, 7) is 5.07. The molecule has 4 aromatic heterocycles. The Bertz CT molecular complexity index is 1350. The van der Waals surface area contributed by atoms with Gasteiger partial charge in [-0.05, 0) is 41.1 Å². The lowest BCUT2D eigenvalue weighted by Crippen LogP contribution is -2.35. The van der Waals surface area contributed by atoms with Gasteiger partial charge in [-0.1, -0.05) is 6.92 Å². The van der Waals surface area contributed by atoms with Gasteiger partial charge >= 0.3 is 0 Å². The summed E-state index contributed by atoms with van der Waals surface area (Å²) in [7, 11) is 0. The highest BCUT2D eigenvalue weighted by Crippen LogP contribution is 2.31. The van der Waals surface area contributed by atoms with E-state index in [0.717, 1.165) is 33.5 Å². The van der Waals surface area contributed by atoms with E-state index in [2.05, 4.69) is 30.4 Å². The third-order valence-corrected chi connectivity index (χ3v) is 6.58. The van der Waals surface area contributed by atoms with Gasteiger partial charge in [-0.2, -0.15) is 14.6 Å². The van der Waals surface area contributed by atoms with Crippen molar-refractivity contribution in [1.29, 1.82) is 0 Å². The lowest BCUT2D eigenvalue weighted by molar-refractivity contribution is -0.131. The van der Waals surface area contributed by atoms with Crippen LogP contribution in [0.3, 0.4) is 0 Å². The molecule has 0 bridgehead atoms. The summed E-state index contributed by atoms with van der Waals surface area (Å²) in [6, 6.07) is 1.97. The number of thiophene rings is 1. The van der Waals surface area contributed by atoms with Crippen LogP contribution in [-0.2, 0) is 17.8 Å². The smallest absolute Gasteiger partial charge is 0.248 e. The first-order chi connectivity index (χ1) is 15.4. The van der Waals surface area contributed by atoms with Crippen LogP contribution in [0.2, 0.25) is 5.28 Å². The van der Waals surface area contributed by atoms with E-state index >= 15 is 0 Å². The maximum atomic E-state index is 12.1. The molecule has 1 amide bonds. The number of nitrogens with one attached hydrogen (secondary N) is 1. The van der Waals surface area contributed by atoms with Gasteiger partial charge in [0, 0.05) is 31.6 Å². The second-order valence-corrected chi connectivity index (χ2v) is 8.71. The van der Waals surface area contributed by atoms with Crippen LogP contribution in [0, 0.1) is 6.92 Å². The summed E-state index contributed by atoms with van der Waals surface area (Å²) in [6.07, 6.45) is 2.96. The number of carbonyl (C=O) groups is 1. The molecule has 32 heavy (non-hydrogen) atoms. The van der Waals surface area contributed by atoms with E-state index in [1.54, 1.807) is 6.20 Å². The number of nitrogens with zero attached hydrogens (tertiary/aromatic N) is 7. The quantitative estimate of drug-likeness (QED) is 0.436.